The van der Waals surface area contributed by atoms with Crippen molar-refractivity contribution in [2.75, 3.05) is 0 Å². The van der Waals surface area contributed by atoms with Crippen LogP contribution >= 0.6 is 0 Å². The quantitative estimate of drug-likeness (QED) is 0.768. The molecule has 1 aromatic rings. The summed E-state index contributed by atoms with van der Waals surface area (Å²) in [5.74, 6) is 0.316. The summed E-state index contributed by atoms with van der Waals surface area (Å²) in [6, 6.07) is 2.01. The molecule has 0 aromatic carbocycles. The zero-order chi connectivity index (χ0) is 12.2. The first-order valence-corrected chi connectivity index (χ1v) is 5.99. The second-order valence-corrected chi connectivity index (χ2v) is 5.22. The molecule has 0 amide bonds. The Kier molecular flexibility index (Phi) is 4.27. The summed E-state index contributed by atoms with van der Waals surface area (Å²) in [6.07, 6.45) is 4.30. The Hall–Kier alpha value is -1.12. The maximum atomic E-state index is 11.8. The van der Waals surface area contributed by atoms with E-state index in [-0.39, 0.29) is 5.41 Å². The molecule has 0 aliphatic heterocycles. The summed E-state index contributed by atoms with van der Waals surface area (Å²) >= 11 is 0. The highest BCUT2D eigenvalue weighted by Crippen LogP contribution is 2.18. The molecule has 0 radical (unpaired) electrons. The van der Waals surface area contributed by atoms with E-state index >= 15 is 0 Å². The molecule has 3 heteroatoms. The first-order valence-electron chi connectivity index (χ1n) is 5.99. The third-order valence-corrected chi connectivity index (χ3v) is 2.68. The Morgan fingerprint density at radius 3 is 2.69 bits per heavy atom. The number of carbonyl (C=O) groups is 1. The van der Waals surface area contributed by atoms with Gasteiger partial charge in [0.2, 0.25) is 0 Å². The highest BCUT2D eigenvalue weighted by molar-refractivity contribution is 5.83. The number of nitrogens with zero attached hydrogens (tertiary/aromatic N) is 2. The van der Waals surface area contributed by atoms with Crippen LogP contribution in [0.15, 0.2) is 12.3 Å². The SMILES string of the molecule is CCCn1nccc1CCC(=O)C(C)(C)C. The lowest BCUT2D eigenvalue weighted by atomic mass is 9.88. The van der Waals surface area contributed by atoms with Gasteiger partial charge in [0.1, 0.15) is 5.78 Å². The minimum absolute atomic E-state index is 0.227. The smallest absolute Gasteiger partial charge is 0.138 e. The van der Waals surface area contributed by atoms with E-state index in [1.165, 1.54) is 5.69 Å². The topological polar surface area (TPSA) is 34.9 Å². The monoisotopic (exact) mass is 222 g/mol. The third-order valence-electron chi connectivity index (χ3n) is 2.68. The van der Waals surface area contributed by atoms with Crippen molar-refractivity contribution in [3.8, 4) is 0 Å². The zero-order valence-corrected chi connectivity index (χ0v) is 10.8. The molecular formula is C13H22N2O. The zero-order valence-electron chi connectivity index (χ0n) is 10.8. The lowest BCUT2D eigenvalue weighted by Gasteiger charge is -2.16. The fourth-order valence-corrected chi connectivity index (χ4v) is 1.60. The van der Waals surface area contributed by atoms with E-state index in [0.717, 1.165) is 19.4 Å². The van der Waals surface area contributed by atoms with E-state index in [0.29, 0.717) is 12.2 Å². The fraction of sp³-hybridized carbons (Fsp3) is 0.692. The van der Waals surface area contributed by atoms with Crippen LogP contribution in [0.1, 0.15) is 46.2 Å². The molecule has 16 heavy (non-hydrogen) atoms. The minimum atomic E-state index is -0.227. The van der Waals surface area contributed by atoms with E-state index in [2.05, 4.69) is 12.0 Å². The molecule has 0 N–H and O–H groups in total. The molecule has 1 heterocycles. The second kappa shape index (κ2) is 5.28. The maximum absolute atomic E-state index is 11.8. The molecule has 0 saturated heterocycles. The molecule has 0 atom stereocenters. The van der Waals surface area contributed by atoms with Crippen LogP contribution in [0.4, 0.5) is 0 Å². The van der Waals surface area contributed by atoms with Gasteiger partial charge in [-0.05, 0) is 18.9 Å². The molecule has 0 spiro atoms. The summed E-state index contributed by atoms with van der Waals surface area (Å²) < 4.78 is 2.00. The van der Waals surface area contributed by atoms with Gasteiger partial charge in [0, 0.05) is 30.3 Å². The van der Waals surface area contributed by atoms with Crippen LogP contribution in [-0.2, 0) is 17.8 Å². The Morgan fingerprint density at radius 2 is 2.12 bits per heavy atom. The van der Waals surface area contributed by atoms with Crippen molar-refractivity contribution in [2.24, 2.45) is 5.41 Å². The van der Waals surface area contributed by atoms with Gasteiger partial charge < -0.3 is 0 Å². The van der Waals surface area contributed by atoms with Gasteiger partial charge in [-0.3, -0.25) is 9.48 Å². The van der Waals surface area contributed by atoms with E-state index in [9.17, 15) is 4.79 Å². The molecule has 0 aliphatic rings. The number of aromatic nitrogens is 2. The Labute approximate surface area is 97.8 Å². The number of Topliss-reactive ketones (excluding diaryl/α,β-unsaturated/α-hetero) is 1. The molecule has 0 bridgehead atoms. The lowest BCUT2D eigenvalue weighted by molar-refractivity contribution is -0.126. The van der Waals surface area contributed by atoms with Crippen LogP contribution in [-0.4, -0.2) is 15.6 Å². The highest BCUT2D eigenvalue weighted by Gasteiger charge is 2.20. The number of ketones is 1. The predicted octanol–water partition coefficient (Wildman–Crippen LogP) is 2.84. The molecule has 1 aromatic heterocycles. The van der Waals surface area contributed by atoms with Gasteiger partial charge in [-0.25, -0.2) is 0 Å². The highest BCUT2D eigenvalue weighted by atomic mass is 16.1. The van der Waals surface area contributed by atoms with Crippen LogP contribution in [0.25, 0.3) is 0 Å². The van der Waals surface area contributed by atoms with Gasteiger partial charge in [0.25, 0.3) is 0 Å². The van der Waals surface area contributed by atoms with Crippen molar-refractivity contribution in [3.63, 3.8) is 0 Å². The van der Waals surface area contributed by atoms with Crippen molar-refractivity contribution >= 4 is 5.78 Å². The largest absolute Gasteiger partial charge is 0.299 e. The van der Waals surface area contributed by atoms with Crippen LogP contribution in [0.2, 0.25) is 0 Å². The molecule has 90 valence electrons. The number of hydrogen-bond acceptors (Lipinski definition) is 2. The standard InChI is InChI=1S/C13H22N2O/c1-5-10-15-11(8-9-14-15)6-7-12(16)13(2,3)4/h8-9H,5-7,10H2,1-4H3. The summed E-state index contributed by atoms with van der Waals surface area (Å²) in [6.45, 7) is 8.98. The van der Waals surface area contributed by atoms with Crippen LogP contribution in [0.5, 0.6) is 0 Å². The average molecular weight is 222 g/mol. The van der Waals surface area contributed by atoms with Gasteiger partial charge in [-0.15, -0.1) is 0 Å². The van der Waals surface area contributed by atoms with Crippen molar-refractivity contribution < 1.29 is 4.79 Å². The van der Waals surface area contributed by atoms with Gasteiger partial charge in [-0.1, -0.05) is 27.7 Å². The van der Waals surface area contributed by atoms with Crippen molar-refractivity contribution in [1.82, 2.24) is 9.78 Å². The second-order valence-electron chi connectivity index (χ2n) is 5.22. The van der Waals surface area contributed by atoms with E-state index in [1.54, 1.807) is 0 Å². The average Bonchev–Trinajstić information content (AvgIpc) is 2.61. The summed E-state index contributed by atoms with van der Waals surface area (Å²) in [5.41, 5.74) is 0.940. The summed E-state index contributed by atoms with van der Waals surface area (Å²) in [5, 5.41) is 4.25. The molecule has 1 rings (SSSR count). The molecule has 0 unspecified atom stereocenters. The van der Waals surface area contributed by atoms with Gasteiger partial charge in [-0.2, -0.15) is 5.10 Å². The van der Waals surface area contributed by atoms with E-state index in [1.807, 2.05) is 37.7 Å². The summed E-state index contributed by atoms with van der Waals surface area (Å²) in [4.78, 5) is 11.8. The first-order chi connectivity index (χ1) is 7.45. The van der Waals surface area contributed by atoms with Gasteiger partial charge in [0.15, 0.2) is 0 Å². The molecule has 0 aliphatic carbocycles. The number of rotatable bonds is 5. The van der Waals surface area contributed by atoms with E-state index < -0.39 is 0 Å². The Bertz CT molecular complexity index is 347. The Morgan fingerprint density at radius 1 is 1.44 bits per heavy atom. The molecular weight excluding hydrogens is 200 g/mol. The molecule has 3 nitrogen and oxygen atoms in total. The number of hydrogen-bond donors (Lipinski definition) is 0. The van der Waals surface area contributed by atoms with Crippen molar-refractivity contribution in [3.05, 3.63) is 18.0 Å². The lowest BCUT2D eigenvalue weighted by Crippen LogP contribution is -2.21. The molecule has 0 fully saturated rings. The third kappa shape index (κ3) is 3.47. The normalized spacial score (nSPS) is 11.8. The first kappa shape index (κ1) is 12.9. The Balaban J connectivity index is 2.54. The summed E-state index contributed by atoms with van der Waals surface area (Å²) in [7, 11) is 0. The van der Waals surface area contributed by atoms with Crippen LogP contribution < -0.4 is 0 Å². The van der Waals surface area contributed by atoms with Gasteiger partial charge in [0.05, 0.1) is 0 Å². The minimum Gasteiger partial charge on any atom is -0.299 e. The molecule has 0 saturated carbocycles. The number of aryl methyl sites for hydroxylation is 2. The van der Waals surface area contributed by atoms with Crippen molar-refractivity contribution in [2.45, 2.75) is 53.5 Å². The maximum Gasteiger partial charge on any atom is 0.138 e. The predicted molar refractivity (Wildman–Crippen MR) is 65.3 cm³/mol. The van der Waals surface area contributed by atoms with Crippen LogP contribution in [0, 0.1) is 5.41 Å². The fourth-order valence-electron chi connectivity index (χ4n) is 1.60. The van der Waals surface area contributed by atoms with Crippen molar-refractivity contribution in [1.29, 1.82) is 0 Å². The van der Waals surface area contributed by atoms with Crippen LogP contribution in [0.3, 0.4) is 0 Å². The number of carbonyl (C=O) groups excluding carboxylic acids is 1. The van der Waals surface area contributed by atoms with Gasteiger partial charge >= 0.3 is 0 Å². The van der Waals surface area contributed by atoms with E-state index in [4.69, 9.17) is 0 Å².